The van der Waals surface area contributed by atoms with Crippen molar-refractivity contribution < 1.29 is 14.3 Å². The third kappa shape index (κ3) is 4.15. The summed E-state index contributed by atoms with van der Waals surface area (Å²) in [5.74, 6) is 0. The van der Waals surface area contributed by atoms with Crippen LogP contribution >= 0.6 is 0 Å². The molecule has 0 unspecified atom stereocenters. The lowest BCUT2D eigenvalue weighted by Crippen LogP contribution is -2.49. The van der Waals surface area contributed by atoms with Crippen LogP contribution in [0.2, 0.25) is 0 Å². The number of amides is 1. The van der Waals surface area contributed by atoms with Gasteiger partial charge in [0.05, 0.1) is 19.2 Å². The monoisotopic (exact) mass is 328 g/mol. The van der Waals surface area contributed by atoms with Gasteiger partial charge in [-0.05, 0) is 40.2 Å². The molecule has 0 aromatic heterocycles. The van der Waals surface area contributed by atoms with E-state index in [2.05, 4.69) is 4.85 Å². The zero-order valence-corrected chi connectivity index (χ0v) is 14.9. The van der Waals surface area contributed by atoms with Crippen LogP contribution in [0.4, 0.5) is 10.5 Å². The predicted octanol–water partition coefficient (Wildman–Crippen LogP) is 4.62. The molecule has 1 heterocycles. The Morgan fingerprint density at radius 1 is 1.42 bits per heavy atom. The average molecular weight is 328 g/mol. The van der Waals surface area contributed by atoms with Crippen molar-refractivity contribution in [2.45, 2.75) is 52.0 Å². The lowest BCUT2D eigenvalue weighted by molar-refractivity contribution is -0.0610. The third-order valence-electron chi connectivity index (χ3n) is 3.66. The highest BCUT2D eigenvalue weighted by atomic mass is 16.6. The van der Waals surface area contributed by atoms with Crippen LogP contribution in [-0.4, -0.2) is 35.0 Å². The van der Waals surface area contributed by atoms with Crippen molar-refractivity contribution in [3.05, 3.63) is 47.3 Å². The summed E-state index contributed by atoms with van der Waals surface area (Å²) in [7, 11) is 0. The van der Waals surface area contributed by atoms with Crippen LogP contribution in [0.3, 0.4) is 0 Å². The molecular formula is C19H24N2O3. The summed E-state index contributed by atoms with van der Waals surface area (Å²) in [4.78, 5) is 17.7. The Morgan fingerprint density at radius 3 is 2.71 bits per heavy atom. The summed E-state index contributed by atoms with van der Waals surface area (Å²) in [5.41, 5.74) is 0.0919. The molecule has 0 aliphatic carbocycles. The number of hydrogen-bond donors (Lipinski definition) is 0. The summed E-state index contributed by atoms with van der Waals surface area (Å²) in [5, 5.41) is 0. The molecule has 0 saturated carbocycles. The van der Waals surface area contributed by atoms with E-state index in [9.17, 15) is 4.79 Å². The van der Waals surface area contributed by atoms with Gasteiger partial charge in [-0.25, -0.2) is 9.64 Å². The number of carbonyl (C=O) groups excluding carboxylic acids is 1. The van der Waals surface area contributed by atoms with Gasteiger partial charge in [-0.2, -0.15) is 0 Å². The minimum atomic E-state index is -0.739. The average Bonchev–Trinajstić information content (AvgIpc) is 2.78. The van der Waals surface area contributed by atoms with Gasteiger partial charge in [0, 0.05) is 0 Å². The lowest BCUT2D eigenvalue weighted by Gasteiger charge is -2.34. The van der Waals surface area contributed by atoms with E-state index in [1.807, 2.05) is 65.0 Å². The molecule has 0 radical (unpaired) electrons. The summed E-state index contributed by atoms with van der Waals surface area (Å²) in [6.07, 6.45) is 3.35. The van der Waals surface area contributed by atoms with Crippen molar-refractivity contribution in [3.8, 4) is 0 Å². The smallest absolute Gasteiger partial charge is 0.413 e. The third-order valence-corrected chi connectivity index (χ3v) is 3.66. The zero-order chi connectivity index (χ0) is 18.0. The quantitative estimate of drug-likeness (QED) is 0.744. The first-order valence-corrected chi connectivity index (χ1v) is 7.95. The van der Waals surface area contributed by atoms with E-state index in [1.54, 1.807) is 11.0 Å². The van der Waals surface area contributed by atoms with Crippen LogP contribution in [0.5, 0.6) is 0 Å². The van der Waals surface area contributed by atoms with Crippen LogP contribution in [-0.2, 0) is 9.47 Å². The molecule has 1 fully saturated rings. The second-order valence-corrected chi connectivity index (χ2v) is 7.21. The minimum Gasteiger partial charge on any atom is -0.444 e. The Bertz CT molecular complexity index is 681. The summed E-state index contributed by atoms with van der Waals surface area (Å²) in [6, 6.07) is 7.12. The van der Waals surface area contributed by atoms with E-state index in [0.717, 1.165) is 5.56 Å². The van der Waals surface area contributed by atoms with E-state index < -0.39 is 17.4 Å². The summed E-state index contributed by atoms with van der Waals surface area (Å²) >= 11 is 0. The highest BCUT2D eigenvalue weighted by Gasteiger charge is 2.44. The Hall–Kier alpha value is -2.32. The molecule has 5 heteroatoms. The van der Waals surface area contributed by atoms with Crippen molar-refractivity contribution in [2.75, 3.05) is 6.61 Å². The van der Waals surface area contributed by atoms with Crippen LogP contribution in [0.25, 0.3) is 10.9 Å². The fraction of sp³-hybridized carbons (Fsp3) is 0.474. The number of hydrogen-bond acceptors (Lipinski definition) is 3. The molecule has 128 valence electrons. The molecule has 0 bridgehead atoms. The van der Waals surface area contributed by atoms with Crippen molar-refractivity contribution in [2.24, 2.45) is 0 Å². The van der Waals surface area contributed by atoms with E-state index in [1.165, 1.54) is 0 Å². The van der Waals surface area contributed by atoms with Crippen LogP contribution in [0.1, 0.15) is 40.2 Å². The highest BCUT2D eigenvalue weighted by Crippen LogP contribution is 2.31. The fourth-order valence-corrected chi connectivity index (χ4v) is 2.59. The predicted molar refractivity (Wildman–Crippen MR) is 93.6 cm³/mol. The minimum absolute atomic E-state index is 0.242. The maximum Gasteiger partial charge on any atom is 0.413 e. The second-order valence-electron chi connectivity index (χ2n) is 7.21. The van der Waals surface area contributed by atoms with Crippen molar-refractivity contribution in [1.82, 2.24) is 4.90 Å². The number of nitrogens with zero attached hydrogens (tertiary/aromatic N) is 2. The number of para-hydroxylation sites is 1. The second kappa shape index (κ2) is 6.66. The molecule has 1 amide bonds. The van der Waals surface area contributed by atoms with E-state index in [4.69, 9.17) is 16.0 Å². The molecule has 2 rings (SSSR count). The molecular weight excluding hydrogens is 304 g/mol. The molecule has 1 saturated heterocycles. The first-order chi connectivity index (χ1) is 11.1. The first-order valence-electron chi connectivity index (χ1n) is 7.95. The van der Waals surface area contributed by atoms with Crippen molar-refractivity contribution in [1.29, 1.82) is 0 Å². The van der Waals surface area contributed by atoms with Gasteiger partial charge >= 0.3 is 6.09 Å². The maximum absolute atomic E-state index is 12.6. The van der Waals surface area contributed by atoms with Crippen LogP contribution in [0, 0.1) is 6.57 Å². The Labute approximate surface area is 143 Å². The molecule has 1 aliphatic heterocycles. The van der Waals surface area contributed by atoms with Gasteiger partial charge in [0.2, 0.25) is 0 Å². The van der Waals surface area contributed by atoms with Gasteiger partial charge < -0.3 is 9.47 Å². The molecule has 1 atom stereocenters. The molecule has 1 aromatic carbocycles. The van der Waals surface area contributed by atoms with Crippen molar-refractivity contribution in [3.63, 3.8) is 0 Å². The van der Waals surface area contributed by atoms with Crippen molar-refractivity contribution >= 4 is 17.9 Å². The standard InChI is InChI=1S/C19H24N2O3/c1-18(2,3)24-17(22)21-15(13-23-19(21,4)5)12-11-14-9-7-8-10-16(14)20-6/h7-12,15H,13H2,1-5H3/b12-11+/t15-/m1/s1. The maximum atomic E-state index is 12.6. The number of rotatable bonds is 2. The molecule has 24 heavy (non-hydrogen) atoms. The van der Waals surface area contributed by atoms with Gasteiger partial charge in [-0.15, -0.1) is 0 Å². The van der Waals surface area contributed by atoms with Gasteiger partial charge in [-0.3, -0.25) is 4.90 Å². The topological polar surface area (TPSA) is 43.1 Å². The molecule has 0 N–H and O–H groups in total. The van der Waals surface area contributed by atoms with E-state index in [-0.39, 0.29) is 6.04 Å². The normalized spacial score (nSPS) is 20.2. The Kier molecular flexibility index (Phi) is 5.00. The Balaban J connectivity index is 2.24. The number of benzene rings is 1. The van der Waals surface area contributed by atoms with E-state index >= 15 is 0 Å². The van der Waals surface area contributed by atoms with Crippen LogP contribution in [0.15, 0.2) is 30.3 Å². The SMILES string of the molecule is [C-]#[N+]c1ccccc1/C=C/[C@@H]1COC(C)(C)N1C(=O)OC(C)(C)C. The van der Waals surface area contributed by atoms with Gasteiger partial charge in [0.25, 0.3) is 0 Å². The first kappa shape index (κ1) is 18.0. The van der Waals surface area contributed by atoms with E-state index in [0.29, 0.717) is 12.3 Å². The molecule has 1 aliphatic rings. The van der Waals surface area contributed by atoms with Crippen LogP contribution < -0.4 is 0 Å². The molecule has 1 aromatic rings. The fourth-order valence-electron chi connectivity index (χ4n) is 2.59. The Morgan fingerprint density at radius 2 is 2.08 bits per heavy atom. The molecule has 0 spiro atoms. The van der Waals surface area contributed by atoms with Gasteiger partial charge in [0.1, 0.15) is 11.3 Å². The van der Waals surface area contributed by atoms with Gasteiger partial charge in [0.15, 0.2) is 5.69 Å². The number of carbonyl (C=O) groups is 1. The lowest BCUT2D eigenvalue weighted by atomic mass is 10.1. The number of ether oxygens (including phenoxy) is 2. The van der Waals surface area contributed by atoms with Gasteiger partial charge in [-0.1, -0.05) is 36.4 Å². The largest absolute Gasteiger partial charge is 0.444 e. The summed E-state index contributed by atoms with van der Waals surface area (Å²) < 4.78 is 11.3. The summed E-state index contributed by atoms with van der Waals surface area (Å²) in [6.45, 7) is 16.8. The highest BCUT2D eigenvalue weighted by molar-refractivity contribution is 5.71. The molecule has 5 nitrogen and oxygen atoms in total. The zero-order valence-electron chi connectivity index (χ0n) is 14.9.